The smallest absolute Gasteiger partial charge is 0.252 e. The molecule has 0 aliphatic carbocycles. The number of nitrogens with one attached hydrogen (secondary N) is 1. The number of aromatic amines is 1. The molecule has 1 aromatic heterocycles. The summed E-state index contributed by atoms with van der Waals surface area (Å²) in [5.41, 5.74) is 0. The Balaban J connectivity index is 1.52. The number of hydrogen-bond donors (Lipinski definition) is 1. The number of amides is 2. The SMILES string of the molecule is COC1CCCCN(CC(=O)N2CCC(c3ncc[nH]3)CC2)C1=O. The standard InChI is InChI=1S/C17H26N4O3/c1-24-14-4-2-3-9-21(17(14)23)12-15(22)20-10-5-13(6-11-20)16-18-7-8-19-16/h7-8,13-14H,2-6,9-12H2,1H3,(H,18,19). The van der Waals surface area contributed by atoms with Crippen molar-refractivity contribution in [3.8, 4) is 0 Å². The highest BCUT2D eigenvalue weighted by atomic mass is 16.5. The van der Waals surface area contributed by atoms with E-state index in [2.05, 4.69) is 9.97 Å². The van der Waals surface area contributed by atoms with Crippen molar-refractivity contribution in [2.75, 3.05) is 33.3 Å². The minimum absolute atomic E-state index is 0.0398. The zero-order valence-electron chi connectivity index (χ0n) is 14.2. The second-order valence-corrected chi connectivity index (χ2v) is 6.61. The predicted octanol–water partition coefficient (Wildman–Crippen LogP) is 1.14. The lowest BCUT2D eigenvalue weighted by atomic mass is 9.96. The number of ether oxygens (including phenoxy) is 1. The summed E-state index contributed by atoms with van der Waals surface area (Å²) in [6.07, 6.45) is 7.66. The molecule has 2 aliphatic rings. The van der Waals surface area contributed by atoms with Gasteiger partial charge in [-0.25, -0.2) is 4.98 Å². The number of rotatable bonds is 4. The molecular weight excluding hydrogens is 308 g/mol. The number of likely N-dealkylation sites (tertiary alicyclic amines) is 2. The van der Waals surface area contributed by atoms with E-state index in [1.807, 2.05) is 11.1 Å². The molecule has 0 bridgehead atoms. The van der Waals surface area contributed by atoms with Gasteiger partial charge in [0, 0.05) is 45.1 Å². The summed E-state index contributed by atoms with van der Waals surface area (Å²) in [5, 5.41) is 0. The fraction of sp³-hybridized carbons (Fsp3) is 0.706. The highest BCUT2D eigenvalue weighted by Gasteiger charge is 2.31. The van der Waals surface area contributed by atoms with E-state index in [0.29, 0.717) is 12.5 Å². The van der Waals surface area contributed by atoms with Crippen molar-refractivity contribution < 1.29 is 14.3 Å². The Labute approximate surface area is 142 Å². The number of carbonyl (C=O) groups excluding carboxylic acids is 2. The highest BCUT2D eigenvalue weighted by molar-refractivity contribution is 5.87. The summed E-state index contributed by atoms with van der Waals surface area (Å²) in [6.45, 7) is 2.26. The van der Waals surface area contributed by atoms with Crippen LogP contribution in [0.3, 0.4) is 0 Å². The molecule has 7 nitrogen and oxygen atoms in total. The molecule has 1 unspecified atom stereocenters. The number of piperidine rings is 1. The number of aromatic nitrogens is 2. The quantitative estimate of drug-likeness (QED) is 0.896. The molecule has 1 aromatic rings. The molecule has 0 spiro atoms. The van der Waals surface area contributed by atoms with Crippen molar-refractivity contribution in [1.29, 1.82) is 0 Å². The monoisotopic (exact) mass is 334 g/mol. The number of carbonyl (C=O) groups is 2. The van der Waals surface area contributed by atoms with Crippen LogP contribution in [0, 0.1) is 0 Å². The number of imidazole rings is 1. The minimum Gasteiger partial charge on any atom is -0.372 e. The summed E-state index contributed by atoms with van der Waals surface area (Å²) in [6, 6.07) is 0. The topological polar surface area (TPSA) is 78.5 Å². The number of nitrogens with zero attached hydrogens (tertiary/aromatic N) is 3. The van der Waals surface area contributed by atoms with Gasteiger partial charge < -0.3 is 19.5 Å². The van der Waals surface area contributed by atoms with E-state index in [-0.39, 0.29) is 18.4 Å². The van der Waals surface area contributed by atoms with Gasteiger partial charge in [0.2, 0.25) is 5.91 Å². The van der Waals surface area contributed by atoms with Crippen molar-refractivity contribution in [3.63, 3.8) is 0 Å². The van der Waals surface area contributed by atoms with Crippen molar-refractivity contribution >= 4 is 11.8 Å². The molecule has 1 atom stereocenters. The molecular formula is C17H26N4O3. The number of methoxy groups -OCH3 is 1. The van der Waals surface area contributed by atoms with Crippen LogP contribution in [0.2, 0.25) is 0 Å². The zero-order chi connectivity index (χ0) is 16.9. The first-order valence-corrected chi connectivity index (χ1v) is 8.77. The van der Waals surface area contributed by atoms with Gasteiger partial charge in [0.25, 0.3) is 5.91 Å². The second-order valence-electron chi connectivity index (χ2n) is 6.61. The molecule has 3 heterocycles. The Hall–Kier alpha value is -1.89. The van der Waals surface area contributed by atoms with E-state index in [1.54, 1.807) is 18.2 Å². The zero-order valence-corrected chi connectivity index (χ0v) is 14.2. The number of H-pyrrole nitrogens is 1. The van der Waals surface area contributed by atoms with E-state index in [1.165, 1.54) is 0 Å². The first-order chi connectivity index (χ1) is 11.7. The van der Waals surface area contributed by atoms with Crippen molar-refractivity contribution in [2.45, 2.75) is 44.1 Å². The Kier molecular flexibility index (Phi) is 5.50. The lowest BCUT2D eigenvalue weighted by Gasteiger charge is -2.33. The van der Waals surface area contributed by atoms with Crippen LogP contribution in [0.1, 0.15) is 43.8 Å². The molecule has 7 heteroatoms. The molecule has 0 saturated carbocycles. The Morgan fingerprint density at radius 3 is 2.75 bits per heavy atom. The summed E-state index contributed by atoms with van der Waals surface area (Å²) in [5.74, 6) is 1.39. The minimum atomic E-state index is -0.398. The molecule has 2 amide bonds. The van der Waals surface area contributed by atoms with Gasteiger partial charge >= 0.3 is 0 Å². The molecule has 24 heavy (non-hydrogen) atoms. The molecule has 2 saturated heterocycles. The van der Waals surface area contributed by atoms with Crippen LogP contribution < -0.4 is 0 Å². The van der Waals surface area contributed by atoms with E-state index in [0.717, 1.165) is 51.0 Å². The summed E-state index contributed by atoms with van der Waals surface area (Å²) in [4.78, 5) is 36.0. The maximum atomic E-state index is 12.6. The van der Waals surface area contributed by atoms with Crippen LogP contribution >= 0.6 is 0 Å². The largest absolute Gasteiger partial charge is 0.372 e. The molecule has 0 aromatic carbocycles. The molecule has 3 rings (SSSR count). The van der Waals surface area contributed by atoms with E-state index >= 15 is 0 Å². The molecule has 0 radical (unpaired) electrons. The average Bonchev–Trinajstić information content (AvgIpc) is 3.09. The normalized spacial score (nSPS) is 23.4. The Bertz CT molecular complexity index is 552. The molecule has 132 valence electrons. The first kappa shape index (κ1) is 17.0. The van der Waals surface area contributed by atoms with E-state index < -0.39 is 6.10 Å². The molecule has 2 fully saturated rings. The second kappa shape index (κ2) is 7.79. The van der Waals surface area contributed by atoms with Crippen LogP contribution in [-0.4, -0.2) is 71.0 Å². The van der Waals surface area contributed by atoms with Crippen LogP contribution in [0.25, 0.3) is 0 Å². The van der Waals surface area contributed by atoms with Gasteiger partial charge in [0.1, 0.15) is 11.9 Å². The third-order valence-electron chi connectivity index (χ3n) is 5.10. The van der Waals surface area contributed by atoms with Gasteiger partial charge in [0.15, 0.2) is 0 Å². The Morgan fingerprint density at radius 1 is 1.29 bits per heavy atom. The van der Waals surface area contributed by atoms with E-state index in [4.69, 9.17) is 4.74 Å². The maximum absolute atomic E-state index is 12.6. The van der Waals surface area contributed by atoms with Gasteiger partial charge in [-0.1, -0.05) is 0 Å². The maximum Gasteiger partial charge on any atom is 0.252 e. The van der Waals surface area contributed by atoms with Gasteiger partial charge in [-0.05, 0) is 32.1 Å². The lowest BCUT2D eigenvalue weighted by molar-refractivity contribution is -0.146. The van der Waals surface area contributed by atoms with Gasteiger partial charge in [0.05, 0.1) is 6.54 Å². The van der Waals surface area contributed by atoms with Crippen molar-refractivity contribution in [2.24, 2.45) is 0 Å². The van der Waals surface area contributed by atoms with Crippen LogP contribution in [0.4, 0.5) is 0 Å². The third kappa shape index (κ3) is 3.77. The molecule has 1 N–H and O–H groups in total. The summed E-state index contributed by atoms with van der Waals surface area (Å²) in [7, 11) is 1.56. The van der Waals surface area contributed by atoms with Crippen LogP contribution in [-0.2, 0) is 14.3 Å². The van der Waals surface area contributed by atoms with Gasteiger partial charge in [-0.3, -0.25) is 9.59 Å². The fourth-order valence-corrected chi connectivity index (χ4v) is 3.61. The van der Waals surface area contributed by atoms with Crippen LogP contribution in [0.5, 0.6) is 0 Å². The summed E-state index contributed by atoms with van der Waals surface area (Å²) < 4.78 is 5.27. The van der Waals surface area contributed by atoms with Crippen LogP contribution in [0.15, 0.2) is 12.4 Å². The highest BCUT2D eigenvalue weighted by Crippen LogP contribution is 2.25. The van der Waals surface area contributed by atoms with Gasteiger partial charge in [-0.15, -0.1) is 0 Å². The molecule has 2 aliphatic heterocycles. The predicted molar refractivity (Wildman–Crippen MR) is 88.4 cm³/mol. The average molecular weight is 334 g/mol. The third-order valence-corrected chi connectivity index (χ3v) is 5.10. The van der Waals surface area contributed by atoms with E-state index in [9.17, 15) is 9.59 Å². The van der Waals surface area contributed by atoms with Crippen molar-refractivity contribution in [1.82, 2.24) is 19.8 Å². The Morgan fingerprint density at radius 2 is 2.08 bits per heavy atom. The van der Waals surface area contributed by atoms with Gasteiger partial charge in [-0.2, -0.15) is 0 Å². The lowest BCUT2D eigenvalue weighted by Crippen LogP contribution is -2.47. The fourth-order valence-electron chi connectivity index (χ4n) is 3.61. The summed E-state index contributed by atoms with van der Waals surface area (Å²) >= 11 is 0. The first-order valence-electron chi connectivity index (χ1n) is 8.77. The van der Waals surface area contributed by atoms with Crippen molar-refractivity contribution in [3.05, 3.63) is 18.2 Å². The number of hydrogen-bond acceptors (Lipinski definition) is 4.